The molecule has 0 saturated heterocycles. The summed E-state index contributed by atoms with van der Waals surface area (Å²) in [5.41, 5.74) is 1.77. The number of halogens is 1. The smallest absolute Gasteiger partial charge is 0.294 e. The number of Topliss-reactive ketones (excluding diaryl/α,β-unsaturated/α-hetero) is 1. The third-order valence-electron chi connectivity index (χ3n) is 5.20. The third-order valence-corrected chi connectivity index (χ3v) is 6.89. The molecular weight excluding hydrogens is 436 g/mol. The van der Waals surface area contributed by atoms with Gasteiger partial charge in [0, 0.05) is 10.9 Å². The minimum absolute atomic E-state index is 0.0780. The SMILES string of the molecule is CC1(Cl)C(S(=O)(=O)O)=C(Nc2cnc3ccccc3c2)C=CC1C(=O)c1ccccc1. The van der Waals surface area contributed by atoms with Gasteiger partial charge in [0.25, 0.3) is 10.1 Å². The molecule has 0 amide bonds. The fraction of sp³-hybridized carbons (Fsp3) is 0.130. The maximum Gasteiger partial charge on any atom is 0.294 e. The minimum atomic E-state index is -4.73. The monoisotopic (exact) mass is 454 g/mol. The summed E-state index contributed by atoms with van der Waals surface area (Å²) in [5.74, 6) is -1.34. The van der Waals surface area contributed by atoms with E-state index in [-0.39, 0.29) is 11.5 Å². The van der Waals surface area contributed by atoms with Crippen molar-refractivity contribution >= 4 is 44.1 Å². The molecule has 8 heteroatoms. The maximum atomic E-state index is 13.0. The molecule has 1 heterocycles. The number of allylic oxidation sites excluding steroid dienone is 3. The van der Waals surface area contributed by atoms with Crippen LogP contribution in [0.15, 0.2) is 89.6 Å². The number of hydrogen-bond donors (Lipinski definition) is 2. The molecule has 1 aliphatic carbocycles. The van der Waals surface area contributed by atoms with E-state index in [1.807, 2.05) is 24.3 Å². The maximum absolute atomic E-state index is 13.0. The predicted octanol–water partition coefficient (Wildman–Crippen LogP) is 4.81. The Morgan fingerprint density at radius 2 is 1.81 bits per heavy atom. The summed E-state index contributed by atoms with van der Waals surface area (Å²) in [6.07, 6.45) is 4.55. The van der Waals surface area contributed by atoms with Crippen LogP contribution in [0.4, 0.5) is 5.69 Å². The van der Waals surface area contributed by atoms with Gasteiger partial charge >= 0.3 is 0 Å². The Balaban J connectivity index is 1.76. The first kappa shape index (κ1) is 21.2. The van der Waals surface area contributed by atoms with Gasteiger partial charge in [-0.25, -0.2) is 0 Å². The minimum Gasteiger partial charge on any atom is -0.353 e. The van der Waals surface area contributed by atoms with Crippen molar-refractivity contribution in [3.05, 3.63) is 95.2 Å². The number of carbonyl (C=O) groups is 1. The van der Waals surface area contributed by atoms with E-state index >= 15 is 0 Å². The summed E-state index contributed by atoms with van der Waals surface area (Å²) in [5, 5.41) is 3.83. The molecule has 0 radical (unpaired) electrons. The van der Waals surface area contributed by atoms with Gasteiger partial charge in [-0.05, 0) is 25.1 Å². The van der Waals surface area contributed by atoms with Crippen molar-refractivity contribution in [3.63, 3.8) is 0 Å². The molecular formula is C23H19ClN2O4S. The molecule has 1 aliphatic rings. The zero-order chi connectivity index (χ0) is 22.2. The second-order valence-corrected chi connectivity index (χ2v) is 9.55. The molecule has 0 spiro atoms. The van der Waals surface area contributed by atoms with Gasteiger partial charge in [-0.2, -0.15) is 8.42 Å². The van der Waals surface area contributed by atoms with E-state index in [9.17, 15) is 17.8 Å². The molecule has 2 aromatic carbocycles. The number of aromatic nitrogens is 1. The van der Waals surface area contributed by atoms with Crippen LogP contribution >= 0.6 is 11.6 Å². The number of fused-ring (bicyclic) bond motifs is 1. The first-order chi connectivity index (χ1) is 14.7. The summed E-state index contributed by atoms with van der Waals surface area (Å²) in [4.78, 5) is 15.2. The van der Waals surface area contributed by atoms with E-state index in [1.54, 1.807) is 48.7 Å². The van der Waals surface area contributed by atoms with Crippen LogP contribution in [0, 0.1) is 5.92 Å². The van der Waals surface area contributed by atoms with Crippen LogP contribution in [0.3, 0.4) is 0 Å². The van der Waals surface area contributed by atoms with Gasteiger partial charge in [0.2, 0.25) is 0 Å². The van der Waals surface area contributed by atoms with Crippen LogP contribution in [0.1, 0.15) is 17.3 Å². The Hall–Kier alpha value is -3.00. The number of carbonyl (C=O) groups excluding carboxylic acids is 1. The van der Waals surface area contributed by atoms with Crippen molar-refractivity contribution in [1.82, 2.24) is 4.98 Å². The molecule has 1 aromatic heterocycles. The van der Waals surface area contributed by atoms with E-state index in [0.29, 0.717) is 11.3 Å². The number of nitrogens with one attached hydrogen (secondary N) is 1. The van der Waals surface area contributed by atoms with Crippen molar-refractivity contribution in [2.24, 2.45) is 5.92 Å². The van der Waals surface area contributed by atoms with Gasteiger partial charge in [-0.3, -0.25) is 14.3 Å². The number of rotatable bonds is 5. The predicted molar refractivity (Wildman–Crippen MR) is 122 cm³/mol. The lowest BCUT2D eigenvalue weighted by molar-refractivity contribution is 0.0931. The van der Waals surface area contributed by atoms with Crippen LogP contribution in [-0.4, -0.2) is 28.6 Å². The Kier molecular flexibility index (Phi) is 5.43. The van der Waals surface area contributed by atoms with Gasteiger partial charge in [0.15, 0.2) is 5.78 Å². The van der Waals surface area contributed by atoms with E-state index in [2.05, 4.69) is 10.3 Å². The van der Waals surface area contributed by atoms with Crippen molar-refractivity contribution in [1.29, 1.82) is 0 Å². The van der Waals surface area contributed by atoms with Crippen LogP contribution in [-0.2, 0) is 10.1 Å². The number of anilines is 1. The van der Waals surface area contributed by atoms with Crippen molar-refractivity contribution < 1.29 is 17.8 Å². The average molecular weight is 455 g/mol. The summed E-state index contributed by atoms with van der Waals surface area (Å²) in [6, 6.07) is 17.7. The Morgan fingerprint density at radius 3 is 2.52 bits per heavy atom. The van der Waals surface area contributed by atoms with Crippen LogP contribution in [0.2, 0.25) is 0 Å². The highest BCUT2D eigenvalue weighted by atomic mass is 35.5. The molecule has 2 unspecified atom stereocenters. The summed E-state index contributed by atoms with van der Waals surface area (Å²) < 4.78 is 34.7. The average Bonchev–Trinajstić information content (AvgIpc) is 2.72. The highest BCUT2D eigenvalue weighted by Gasteiger charge is 2.47. The second-order valence-electron chi connectivity index (χ2n) is 7.40. The molecule has 158 valence electrons. The van der Waals surface area contributed by atoms with E-state index < -0.39 is 25.8 Å². The molecule has 4 rings (SSSR count). The number of alkyl halides is 1. The number of ketones is 1. The molecule has 2 atom stereocenters. The molecule has 31 heavy (non-hydrogen) atoms. The topological polar surface area (TPSA) is 96.4 Å². The van der Waals surface area contributed by atoms with Crippen LogP contribution in [0.5, 0.6) is 0 Å². The van der Waals surface area contributed by atoms with Gasteiger partial charge in [-0.1, -0.05) is 54.6 Å². The van der Waals surface area contributed by atoms with Gasteiger partial charge < -0.3 is 5.32 Å². The first-order valence-corrected chi connectivity index (χ1v) is 11.3. The number of para-hydroxylation sites is 1. The number of benzene rings is 2. The number of pyridine rings is 1. The lowest BCUT2D eigenvalue weighted by Crippen LogP contribution is -2.41. The van der Waals surface area contributed by atoms with Crippen molar-refractivity contribution in [3.8, 4) is 0 Å². The van der Waals surface area contributed by atoms with Crippen LogP contribution < -0.4 is 5.32 Å². The highest BCUT2D eigenvalue weighted by Crippen LogP contribution is 2.43. The van der Waals surface area contributed by atoms with Crippen LogP contribution in [0.25, 0.3) is 10.9 Å². The fourth-order valence-electron chi connectivity index (χ4n) is 3.75. The van der Waals surface area contributed by atoms with E-state index in [4.69, 9.17) is 11.6 Å². The third kappa shape index (κ3) is 4.12. The first-order valence-electron chi connectivity index (χ1n) is 9.48. The Labute approximate surface area is 185 Å². The van der Waals surface area contributed by atoms with Gasteiger partial charge in [-0.15, -0.1) is 11.6 Å². The highest BCUT2D eigenvalue weighted by molar-refractivity contribution is 7.90. The standard InChI is InChI=1S/C23H19ClN2O4S/c1-23(24)18(21(27)15-7-3-2-4-8-15)11-12-20(22(23)31(28,29)30)26-17-13-16-9-5-6-10-19(16)25-14-17/h2-14,18,26H,1H3,(H,28,29,30). The summed E-state index contributed by atoms with van der Waals surface area (Å²) >= 11 is 6.66. The zero-order valence-corrected chi connectivity index (χ0v) is 18.1. The molecule has 0 saturated carbocycles. The second kappa shape index (κ2) is 7.92. The molecule has 3 aromatic rings. The Bertz CT molecular complexity index is 1330. The lowest BCUT2D eigenvalue weighted by Gasteiger charge is -2.34. The number of hydrogen-bond acceptors (Lipinski definition) is 5. The van der Waals surface area contributed by atoms with E-state index in [1.165, 1.54) is 13.0 Å². The number of nitrogens with zero attached hydrogens (tertiary/aromatic N) is 1. The normalized spacial score (nSPS) is 21.3. The quantitative estimate of drug-likeness (QED) is 0.326. The van der Waals surface area contributed by atoms with E-state index in [0.717, 1.165) is 10.9 Å². The fourth-order valence-corrected chi connectivity index (χ4v) is 5.35. The molecule has 6 nitrogen and oxygen atoms in total. The lowest BCUT2D eigenvalue weighted by atomic mass is 9.82. The van der Waals surface area contributed by atoms with Crippen molar-refractivity contribution in [2.75, 3.05) is 5.32 Å². The molecule has 0 fully saturated rings. The molecule has 0 bridgehead atoms. The summed E-state index contributed by atoms with van der Waals surface area (Å²) in [7, 11) is -4.73. The molecule has 2 N–H and O–H groups in total. The van der Waals surface area contributed by atoms with Gasteiger partial charge in [0.05, 0.1) is 33.9 Å². The summed E-state index contributed by atoms with van der Waals surface area (Å²) in [6.45, 7) is 1.41. The van der Waals surface area contributed by atoms with Gasteiger partial charge in [0.1, 0.15) is 4.91 Å². The molecule has 0 aliphatic heterocycles. The van der Waals surface area contributed by atoms with Crippen molar-refractivity contribution in [2.45, 2.75) is 11.8 Å². The zero-order valence-electron chi connectivity index (χ0n) is 16.5. The Morgan fingerprint density at radius 1 is 1.13 bits per heavy atom. The largest absolute Gasteiger partial charge is 0.353 e.